The Hall–Kier alpha value is -2.91. The summed E-state index contributed by atoms with van der Waals surface area (Å²) < 4.78 is 9.25. The number of nitrogens with one attached hydrogen (secondary N) is 1. The third-order valence-electron chi connectivity index (χ3n) is 3.77. The number of nitro groups is 1. The molecular weight excluding hydrogens is 306 g/mol. The molecule has 122 valence electrons. The number of carbonyl (C=O) groups excluding carboxylic acids is 1. The van der Waals surface area contributed by atoms with Crippen LogP contribution in [-0.2, 0) is 9.53 Å². The first kappa shape index (κ1) is 15.0. The van der Waals surface area contributed by atoms with Crippen molar-refractivity contribution < 1.29 is 19.1 Å². The van der Waals surface area contributed by atoms with Crippen LogP contribution in [0.4, 0.5) is 17.1 Å². The zero-order valence-corrected chi connectivity index (χ0v) is 12.4. The molecule has 0 saturated carbocycles. The van der Waals surface area contributed by atoms with Gasteiger partial charge in [-0.1, -0.05) is 0 Å². The van der Waals surface area contributed by atoms with Crippen LogP contribution in [0.3, 0.4) is 0 Å². The van der Waals surface area contributed by atoms with Crippen LogP contribution in [0.15, 0.2) is 10.7 Å². The number of esters is 1. The predicted molar refractivity (Wildman–Crippen MR) is 80.4 cm³/mol. The van der Waals surface area contributed by atoms with E-state index in [0.29, 0.717) is 11.4 Å². The van der Waals surface area contributed by atoms with Crippen molar-refractivity contribution in [2.24, 2.45) is 0 Å². The Kier molecular flexibility index (Phi) is 3.96. The molecular formula is C13H15N5O5. The van der Waals surface area contributed by atoms with Gasteiger partial charge in [-0.2, -0.15) is 0 Å². The van der Waals surface area contributed by atoms with Gasteiger partial charge in [0.2, 0.25) is 5.52 Å². The molecule has 0 atom stereocenters. The van der Waals surface area contributed by atoms with E-state index in [2.05, 4.69) is 25.0 Å². The summed E-state index contributed by atoms with van der Waals surface area (Å²) in [5.41, 5.74) is 1.03. The molecule has 1 aromatic heterocycles. The van der Waals surface area contributed by atoms with Gasteiger partial charge >= 0.3 is 11.7 Å². The molecule has 0 amide bonds. The number of anilines is 2. The molecule has 3 rings (SSSR count). The summed E-state index contributed by atoms with van der Waals surface area (Å²) in [6.07, 6.45) is 1.94. The Balaban J connectivity index is 2.09. The SMILES string of the molecule is COC(=O)CNc1cc(N2CCCC2)c([N+](=O)[O-])c2nonc12. The molecule has 0 radical (unpaired) electrons. The number of nitrogens with zero attached hydrogens (tertiary/aromatic N) is 4. The first-order valence-electron chi connectivity index (χ1n) is 7.11. The second-order valence-corrected chi connectivity index (χ2v) is 5.13. The fourth-order valence-electron chi connectivity index (χ4n) is 2.67. The lowest BCUT2D eigenvalue weighted by Crippen LogP contribution is -2.20. The van der Waals surface area contributed by atoms with E-state index in [4.69, 9.17) is 0 Å². The summed E-state index contributed by atoms with van der Waals surface area (Å²) in [4.78, 5) is 24.2. The lowest BCUT2D eigenvalue weighted by molar-refractivity contribution is -0.382. The molecule has 10 heteroatoms. The number of ether oxygens (including phenoxy) is 1. The Morgan fingerprint density at radius 1 is 1.43 bits per heavy atom. The number of hydrogen-bond donors (Lipinski definition) is 1. The van der Waals surface area contributed by atoms with Crippen molar-refractivity contribution in [2.45, 2.75) is 12.8 Å². The molecule has 1 aliphatic heterocycles. The third kappa shape index (κ3) is 2.74. The second kappa shape index (κ2) is 6.07. The highest BCUT2D eigenvalue weighted by Gasteiger charge is 2.30. The molecule has 0 spiro atoms. The van der Waals surface area contributed by atoms with Crippen LogP contribution < -0.4 is 10.2 Å². The lowest BCUT2D eigenvalue weighted by Gasteiger charge is -2.18. The zero-order chi connectivity index (χ0) is 16.4. The number of fused-ring (bicyclic) bond motifs is 1. The van der Waals surface area contributed by atoms with E-state index in [-0.39, 0.29) is 23.3 Å². The minimum absolute atomic E-state index is 0.0618. The highest BCUT2D eigenvalue weighted by atomic mass is 16.6. The van der Waals surface area contributed by atoms with Gasteiger partial charge in [0.25, 0.3) is 0 Å². The average Bonchev–Trinajstić information content (AvgIpc) is 3.21. The van der Waals surface area contributed by atoms with Gasteiger partial charge < -0.3 is 15.0 Å². The highest BCUT2D eigenvalue weighted by Crippen LogP contribution is 2.40. The topological polar surface area (TPSA) is 124 Å². The minimum atomic E-state index is -0.482. The van der Waals surface area contributed by atoms with Crippen molar-refractivity contribution in [3.05, 3.63) is 16.2 Å². The molecule has 0 aliphatic carbocycles. The van der Waals surface area contributed by atoms with Crippen molar-refractivity contribution >= 4 is 34.1 Å². The summed E-state index contributed by atoms with van der Waals surface area (Å²) in [6, 6.07) is 1.61. The van der Waals surface area contributed by atoms with Gasteiger partial charge in [0.05, 0.1) is 17.7 Å². The molecule has 0 bridgehead atoms. The van der Waals surface area contributed by atoms with Gasteiger partial charge in [0.15, 0.2) is 5.52 Å². The summed E-state index contributed by atoms with van der Waals surface area (Å²) in [7, 11) is 1.28. The van der Waals surface area contributed by atoms with Crippen molar-refractivity contribution in [1.29, 1.82) is 0 Å². The van der Waals surface area contributed by atoms with Gasteiger partial charge in [0, 0.05) is 13.1 Å². The standard InChI is InChI=1S/C13H15N5O5/c1-22-10(19)7-14-8-6-9(17-4-2-3-5-17)13(18(20)21)12-11(8)15-23-16-12/h6,14H,2-5,7H2,1H3. The number of methoxy groups -OCH3 is 1. The average molecular weight is 321 g/mol. The van der Waals surface area contributed by atoms with E-state index < -0.39 is 10.9 Å². The van der Waals surface area contributed by atoms with Crippen LogP contribution in [-0.4, -0.2) is 48.0 Å². The molecule has 1 aromatic carbocycles. The number of benzene rings is 1. The number of aromatic nitrogens is 2. The molecule has 10 nitrogen and oxygen atoms in total. The van der Waals surface area contributed by atoms with Crippen molar-refractivity contribution in [1.82, 2.24) is 10.3 Å². The lowest BCUT2D eigenvalue weighted by atomic mass is 10.1. The molecule has 23 heavy (non-hydrogen) atoms. The Morgan fingerprint density at radius 3 is 2.78 bits per heavy atom. The maximum Gasteiger partial charge on any atom is 0.325 e. The van der Waals surface area contributed by atoms with E-state index in [1.54, 1.807) is 6.07 Å². The van der Waals surface area contributed by atoms with E-state index in [0.717, 1.165) is 25.9 Å². The van der Waals surface area contributed by atoms with Crippen LogP contribution in [0.1, 0.15) is 12.8 Å². The second-order valence-electron chi connectivity index (χ2n) is 5.13. The molecule has 1 saturated heterocycles. The summed E-state index contributed by atoms with van der Waals surface area (Å²) in [6.45, 7) is 1.37. The van der Waals surface area contributed by atoms with Gasteiger partial charge in [-0.05, 0) is 29.2 Å². The molecule has 2 heterocycles. The minimum Gasteiger partial charge on any atom is -0.468 e. The smallest absolute Gasteiger partial charge is 0.325 e. The molecule has 1 aliphatic rings. The molecule has 1 fully saturated rings. The monoisotopic (exact) mass is 321 g/mol. The Labute approximate surface area is 130 Å². The van der Waals surface area contributed by atoms with Crippen molar-refractivity contribution in [3.8, 4) is 0 Å². The maximum absolute atomic E-state index is 11.5. The third-order valence-corrected chi connectivity index (χ3v) is 3.77. The number of hydrogen-bond acceptors (Lipinski definition) is 9. The first-order chi connectivity index (χ1) is 11.1. The number of carbonyl (C=O) groups is 1. The van der Waals surface area contributed by atoms with Crippen LogP contribution in [0.5, 0.6) is 0 Å². The van der Waals surface area contributed by atoms with Gasteiger partial charge in [-0.25, -0.2) is 4.63 Å². The summed E-state index contributed by atoms with van der Waals surface area (Å²) >= 11 is 0. The van der Waals surface area contributed by atoms with E-state index in [1.807, 2.05) is 4.90 Å². The van der Waals surface area contributed by atoms with Crippen molar-refractivity contribution in [2.75, 3.05) is 37.0 Å². The van der Waals surface area contributed by atoms with Gasteiger partial charge in [-0.3, -0.25) is 14.9 Å². The van der Waals surface area contributed by atoms with Crippen LogP contribution >= 0.6 is 0 Å². The van der Waals surface area contributed by atoms with Crippen LogP contribution in [0.2, 0.25) is 0 Å². The van der Waals surface area contributed by atoms with E-state index >= 15 is 0 Å². The Bertz CT molecular complexity index is 753. The van der Waals surface area contributed by atoms with Crippen LogP contribution in [0.25, 0.3) is 11.0 Å². The molecule has 1 N–H and O–H groups in total. The fourth-order valence-corrected chi connectivity index (χ4v) is 2.67. The number of nitro benzene ring substituents is 1. The first-order valence-corrected chi connectivity index (χ1v) is 7.11. The van der Waals surface area contributed by atoms with Gasteiger partial charge in [0.1, 0.15) is 12.2 Å². The zero-order valence-electron chi connectivity index (χ0n) is 12.4. The normalized spacial score (nSPS) is 14.2. The molecule has 2 aromatic rings. The largest absolute Gasteiger partial charge is 0.468 e. The maximum atomic E-state index is 11.5. The highest BCUT2D eigenvalue weighted by molar-refractivity contribution is 6.00. The molecule has 0 unspecified atom stereocenters. The number of rotatable bonds is 5. The quantitative estimate of drug-likeness (QED) is 0.493. The van der Waals surface area contributed by atoms with E-state index in [1.165, 1.54) is 7.11 Å². The predicted octanol–water partition coefficient (Wildman–Crippen LogP) is 1.32. The Morgan fingerprint density at radius 2 is 2.13 bits per heavy atom. The van der Waals surface area contributed by atoms with Crippen molar-refractivity contribution in [3.63, 3.8) is 0 Å². The van der Waals surface area contributed by atoms with Gasteiger partial charge in [-0.15, -0.1) is 0 Å². The van der Waals surface area contributed by atoms with Crippen LogP contribution in [0, 0.1) is 10.1 Å². The fraction of sp³-hybridized carbons (Fsp3) is 0.462. The van der Waals surface area contributed by atoms with E-state index in [9.17, 15) is 14.9 Å². The summed E-state index contributed by atoms with van der Waals surface area (Å²) in [5.74, 6) is -0.462. The summed E-state index contributed by atoms with van der Waals surface area (Å²) in [5, 5.41) is 21.7.